The summed E-state index contributed by atoms with van der Waals surface area (Å²) < 4.78 is 2.65. The molecule has 4 nitrogen and oxygen atoms in total. The second-order valence-electron chi connectivity index (χ2n) is 4.76. The van der Waals surface area contributed by atoms with Crippen LogP contribution >= 0.6 is 15.9 Å². The number of imidazole rings is 1. The van der Waals surface area contributed by atoms with Gasteiger partial charge in [-0.3, -0.25) is 4.40 Å². The Balaban J connectivity index is 2.10. The number of nitrogens with one attached hydrogen (secondary N) is 1. The Morgan fingerprint density at radius 3 is 3.17 bits per heavy atom. The summed E-state index contributed by atoms with van der Waals surface area (Å²) in [7, 11) is 0. The molecule has 1 aliphatic heterocycles. The minimum atomic E-state index is 0.255. The van der Waals surface area contributed by atoms with Crippen molar-refractivity contribution in [2.45, 2.75) is 25.2 Å². The lowest BCUT2D eigenvalue weighted by Gasteiger charge is -2.13. The second-order valence-corrected chi connectivity index (χ2v) is 5.51. The third kappa shape index (κ3) is 2.01. The van der Waals surface area contributed by atoms with E-state index in [2.05, 4.69) is 26.2 Å². The second kappa shape index (κ2) is 4.90. The number of nitrogens with zero attached hydrogens (tertiary/aromatic N) is 2. The Labute approximate surface area is 114 Å². The summed E-state index contributed by atoms with van der Waals surface area (Å²) in [4.78, 5) is 4.60. The molecule has 2 aromatic heterocycles. The van der Waals surface area contributed by atoms with E-state index < -0.39 is 0 Å². The third-order valence-electron chi connectivity index (χ3n) is 3.53. The maximum atomic E-state index is 10.0. The van der Waals surface area contributed by atoms with Gasteiger partial charge in [0.25, 0.3) is 0 Å². The van der Waals surface area contributed by atoms with Crippen molar-refractivity contribution in [1.29, 1.82) is 0 Å². The fraction of sp³-hybridized carbons (Fsp3) is 0.462. The lowest BCUT2D eigenvalue weighted by atomic mass is 10.0. The van der Waals surface area contributed by atoms with Crippen LogP contribution in [0.25, 0.3) is 5.52 Å². The third-order valence-corrected chi connectivity index (χ3v) is 4.12. The van der Waals surface area contributed by atoms with Crippen molar-refractivity contribution < 1.29 is 5.11 Å². The Hall–Kier alpha value is -1.07. The van der Waals surface area contributed by atoms with Crippen molar-refractivity contribution in [1.82, 2.24) is 14.7 Å². The number of rotatable bonds is 1. The molecule has 0 saturated carbocycles. The zero-order valence-electron chi connectivity index (χ0n) is 10.1. The Bertz CT molecular complexity index is 559. The van der Waals surface area contributed by atoms with Crippen molar-refractivity contribution in [3.63, 3.8) is 0 Å². The molecule has 0 aliphatic carbocycles. The van der Waals surface area contributed by atoms with Crippen molar-refractivity contribution in [2.24, 2.45) is 0 Å². The van der Waals surface area contributed by atoms with E-state index in [0.717, 1.165) is 35.5 Å². The first-order chi connectivity index (χ1) is 8.77. The van der Waals surface area contributed by atoms with E-state index in [1.807, 2.05) is 16.5 Å². The molecule has 5 heteroatoms. The fourth-order valence-electron chi connectivity index (χ4n) is 2.62. The van der Waals surface area contributed by atoms with Crippen LogP contribution in [0.5, 0.6) is 5.88 Å². The molecule has 0 bridgehead atoms. The molecule has 18 heavy (non-hydrogen) atoms. The van der Waals surface area contributed by atoms with E-state index in [1.165, 1.54) is 12.8 Å². The molecule has 1 fully saturated rings. The van der Waals surface area contributed by atoms with Crippen LogP contribution < -0.4 is 5.32 Å². The topological polar surface area (TPSA) is 49.6 Å². The Kier molecular flexibility index (Phi) is 3.26. The molecule has 2 aromatic rings. The molecule has 3 rings (SSSR count). The predicted octanol–water partition coefficient (Wildman–Crippen LogP) is 2.66. The van der Waals surface area contributed by atoms with Crippen molar-refractivity contribution >= 4 is 21.4 Å². The summed E-state index contributed by atoms with van der Waals surface area (Å²) in [5.74, 6) is 1.56. The van der Waals surface area contributed by atoms with Crippen LogP contribution in [0.2, 0.25) is 0 Å². The first-order valence-corrected chi connectivity index (χ1v) is 7.13. The normalized spacial score (nSPS) is 21.1. The number of hydrogen-bond donors (Lipinski definition) is 2. The number of fused-ring (bicyclic) bond motifs is 1. The Morgan fingerprint density at radius 2 is 2.28 bits per heavy atom. The number of halogens is 1. The molecule has 2 N–H and O–H groups in total. The zero-order chi connectivity index (χ0) is 12.5. The highest BCUT2D eigenvalue weighted by Crippen LogP contribution is 2.30. The van der Waals surface area contributed by atoms with Crippen LogP contribution in [0.3, 0.4) is 0 Å². The van der Waals surface area contributed by atoms with Gasteiger partial charge in [0.1, 0.15) is 10.4 Å². The first kappa shape index (κ1) is 12.0. The van der Waals surface area contributed by atoms with Gasteiger partial charge in [-0.15, -0.1) is 0 Å². The van der Waals surface area contributed by atoms with Crippen molar-refractivity contribution in [2.75, 3.05) is 13.1 Å². The number of pyridine rings is 1. The van der Waals surface area contributed by atoms with Gasteiger partial charge < -0.3 is 10.4 Å². The lowest BCUT2D eigenvalue weighted by Crippen LogP contribution is -2.20. The minimum Gasteiger partial charge on any atom is -0.494 e. The van der Waals surface area contributed by atoms with E-state index in [1.54, 1.807) is 6.07 Å². The van der Waals surface area contributed by atoms with Gasteiger partial charge >= 0.3 is 0 Å². The molecule has 1 atom stereocenters. The molecule has 0 aromatic carbocycles. The van der Waals surface area contributed by atoms with E-state index in [-0.39, 0.29) is 5.88 Å². The molecule has 96 valence electrons. The molecule has 3 heterocycles. The van der Waals surface area contributed by atoms with E-state index >= 15 is 0 Å². The molecular weight excluding hydrogens is 294 g/mol. The minimum absolute atomic E-state index is 0.255. The summed E-state index contributed by atoms with van der Waals surface area (Å²) >= 11 is 3.47. The first-order valence-electron chi connectivity index (χ1n) is 6.34. The fourth-order valence-corrected chi connectivity index (χ4v) is 3.11. The number of aromatic hydroxyl groups is 1. The molecular formula is C13H16BrN3O. The monoisotopic (exact) mass is 309 g/mol. The number of hydrogen-bond acceptors (Lipinski definition) is 3. The van der Waals surface area contributed by atoms with Gasteiger partial charge in [-0.05, 0) is 47.4 Å². The predicted molar refractivity (Wildman–Crippen MR) is 74.0 cm³/mol. The van der Waals surface area contributed by atoms with Gasteiger partial charge in [0.15, 0.2) is 5.88 Å². The molecule has 1 unspecified atom stereocenters. The highest BCUT2D eigenvalue weighted by Gasteiger charge is 2.21. The van der Waals surface area contributed by atoms with Crippen molar-refractivity contribution in [3.05, 3.63) is 28.6 Å². The van der Waals surface area contributed by atoms with Gasteiger partial charge in [0.05, 0.1) is 5.52 Å². The lowest BCUT2D eigenvalue weighted by molar-refractivity contribution is 0.437. The van der Waals surface area contributed by atoms with Gasteiger partial charge in [-0.2, -0.15) is 0 Å². The zero-order valence-corrected chi connectivity index (χ0v) is 11.7. The quantitative estimate of drug-likeness (QED) is 0.851. The van der Waals surface area contributed by atoms with Crippen LogP contribution in [0.4, 0.5) is 0 Å². The molecule has 0 amide bonds. The molecule has 1 saturated heterocycles. The SMILES string of the molecule is Oc1cccc2c(Br)nc(C3CCCCNC3)n12. The standard InChI is InChI=1S/C13H16BrN3O/c14-12-10-5-3-6-11(18)17(10)13(16-12)9-4-1-2-7-15-8-9/h3,5-6,9,15,18H,1-2,4,7-8H2. The van der Waals surface area contributed by atoms with Crippen molar-refractivity contribution in [3.8, 4) is 5.88 Å². The Morgan fingerprint density at radius 1 is 1.39 bits per heavy atom. The highest BCUT2D eigenvalue weighted by atomic mass is 79.9. The van der Waals surface area contributed by atoms with Gasteiger partial charge in [0.2, 0.25) is 0 Å². The number of aromatic nitrogens is 2. The molecule has 0 spiro atoms. The van der Waals surface area contributed by atoms with Crippen LogP contribution in [0.1, 0.15) is 31.0 Å². The summed E-state index contributed by atoms with van der Waals surface area (Å²) in [6, 6.07) is 5.51. The highest BCUT2D eigenvalue weighted by molar-refractivity contribution is 9.10. The van der Waals surface area contributed by atoms with Crippen LogP contribution in [0.15, 0.2) is 22.8 Å². The van der Waals surface area contributed by atoms with Gasteiger partial charge in [-0.1, -0.05) is 12.5 Å². The summed E-state index contributed by atoms with van der Waals surface area (Å²) in [6.45, 7) is 2.01. The average Bonchev–Trinajstić information content (AvgIpc) is 2.56. The summed E-state index contributed by atoms with van der Waals surface area (Å²) in [5, 5.41) is 13.5. The average molecular weight is 310 g/mol. The van der Waals surface area contributed by atoms with Gasteiger partial charge in [0, 0.05) is 12.5 Å². The maximum absolute atomic E-state index is 10.0. The van der Waals surface area contributed by atoms with Crippen LogP contribution in [-0.2, 0) is 0 Å². The van der Waals surface area contributed by atoms with E-state index in [0.29, 0.717) is 5.92 Å². The smallest absolute Gasteiger partial charge is 0.197 e. The maximum Gasteiger partial charge on any atom is 0.197 e. The van der Waals surface area contributed by atoms with Gasteiger partial charge in [-0.25, -0.2) is 4.98 Å². The molecule has 0 radical (unpaired) electrons. The van der Waals surface area contributed by atoms with E-state index in [9.17, 15) is 5.11 Å². The van der Waals surface area contributed by atoms with Crippen LogP contribution in [0, 0.1) is 0 Å². The largest absolute Gasteiger partial charge is 0.494 e. The van der Waals surface area contributed by atoms with E-state index in [4.69, 9.17) is 0 Å². The summed E-state index contributed by atoms with van der Waals surface area (Å²) in [6.07, 6.45) is 3.54. The molecule has 1 aliphatic rings. The van der Waals surface area contributed by atoms with Crippen LogP contribution in [-0.4, -0.2) is 27.6 Å². The summed E-state index contributed by atoms with van der Waals surface area (Å²) in [5.41, 5.74) is 0.925.